The van der Waals surface area contributed by atoms with E-state index < -0.39 is 0 Å². The second-order valence-electron chi connectivity index (χ2n) is 4.65. The molecule has 0 aliphatic heterocycles. The van der Waals surface area contributed by atoms with E-state index in [-0.39, 0.29) is 5.41 Å². The third kappa shape index (κ3) is 1.48. The van der Waals surface area contributed by atoms with Gasteiger partial charge in [0.1, 0.15) is 0 Å². The summed E-state index contributed by atoms with van der Waals surface area (Å²) in [5.74, 6) is 0.312. The van der Waals surface area contributed by atoms with Crippen LogP contribution in [0.4, 0.5) is 0 Å². The summed E-state index contributed by atoms with van der Waals surface area (Å²) in [5.41, 5.74) is 2.82. The maximum Gasteiger partial charge on any atom is 0.156 e. The lowest BCUT2D eigenvalue weighted by molar-refractivity contribution is -0.115. The van der Waals surface area contributed by atoms with Gasteiger partial charge in [0.05, 0.1) is 0 Å². The molecule has 0 aromatic carbocycles. The van der Waals surface area contributed by atoms with Crippen molar-refractivity contribution in [3.8, 4) is 0 Å². The van der Waals surface area contributed by atoms with Gasteiger partial charge in [-0.05, 0) is 37.2 Å². The summed E-state index contributed by atoms with van der Waals surface area (Å²) in [4.78, 5) is 11.3. The number of ketones is 1. The predicted molar refractivity (Wildman–Crippen MR) is 53.4 cm³/mol. The summed E-state index contributed by atoms with van der Waals surface area (Å²) in [6, 6.07) is 0. The van der Waals surface area contributed by atoms with Gasteiger partial charge in [-0.15, -0.1) is 0 Å². The Morgan fingerprint density at radius 2 is 2.15 bits per heavy atom. The van der Waals surface area contributed by atoms with Crippen LogP contribution in [0.25, 0.3) is 0 Å². The number of allylic oxidation sites excluding steroid dienone is 3. The van der Waals surface area contributed by atoms with E-state index in [0.717, 1.165) is 19.3 Å². The monoisotopic (exact) mass is 176 g/mol. The molecule has 2 aliphatic carbocycles. The van der Waals surface area contributed by atoms with E-state index in [4.69, 9.17) is 0 Å². The van der Waals surface area contributed by atoms with Crippen molar-refractivity contribution >= 4 is 5.78 Å². The van der Waals surface area contributed by atoms with Gasteiger partial charge >= 0.3 is 0 Å². The molecule has 0 N–H and O–H groups in total. The molecule has 1 atom stereocenters. The van der Waals surface area contributed by atoms with Gasteiger partial charge < -0.3 is 0 Å². The van der Waals surface area contributed by atoms with Crippen molar-refractivity contribution in [1.29, 1.82) is 0 Å². The van der Waals surface area contributed by atoms with Gasteiger partial charge in [-0.1, -0.05) is 24.6 Å². The van der Waals surface area contributed by atoms with Gasteiger partial charge in [-0.2, -0.15) is 0 Å². The molecule has 2 rings (SSSR count). The molecule has 0 radical (unpaired) electrons. The molecule has 13 heavy (non-hydrogen) atoms. The highest BCUT2D eigenvalue weighted by molar-refractivity contribution is 5.94. The second kappa shape index (κ2) is 2.83. The van der Waals surface area contributed by atoms with Crippen LogP contribution in [0, 0.1) is 5.41 Å². The van der Waals surface area contributed by atoms with Crippen LogP contribution in [0.3, 0.4) is 0 Å². The van der Waals surface area contributed by atoms with Crippen LogP contribution in [-0.4, -0.2) is 5.78 Å². The molecular formula is C12H16O. The Balaban J connectivity index is 2.31. The van der Waals surface area contributed by atoms with E-state index in [0.29, 0.717) is 12.2 Å². The van der Waals surface area contributed by atoms with Crippen LogP contribution >= 0.6 is 0 Å². The predicted octanol–water partition coefficient (Wildman–Crippen LogP) is 3.02. The van der Waals surface area contributed by atoms with Gasteiger partial charge in [0.2, 0.25) is 0 Å². The molecule has 1 saturated carbocycles. The molecule has 0 amide bonds. The van der Waals surface area contributed by atoms with Crippen molar-refractivity contribution in [3.63, 3.8) is 0 Å². The molecule has 2 aliphatic rings. The fraction of sp³-hybridized carbons (Fsp3) is 0.583. The van der Waals surface area contributed by atoms with Crippen molar-refractivity contribution in [3.05, 3.63) is 23.8 Å². The smallest absolute Gasteiger partial charge is 0.156 e. The first-order chi connectivity index (χ1) is 6.10. The molecule has 1 heteroatoms. The van der Waals surface area contributed by atoms with Gasteiger partial charge in [-0.25, -0.2) is 0 Å². The SMILES string of the molecule is C=C1CCCC2=CC(=O)CC2(C)C1. The molecule has 0 heterocycles. The van der Waals surface area contributed by atoms with Crippen molar-refractivity contribution in [1.82, 2.24) is 0 Å². The van der Waals surface area contributed by atoms with Crippen LogP contribution < -0.4 is 0 Å². The van der Waals surface area contributed by atoms with Crippen LogP contribution in [0.15, 0.2) is 23.8 Å². The maximum absolute atomic E-state index is 11.3. The zero-order valence-electron chi connectivity index (χ0n) is 8.23. The standard InChI is InChI=1S/C12H16O/c1-9-4-3-5-10-6-11(13)8-12(10,2)7-9/h6H,1,3-5,7-8H2,2H3. The van der Waals surface area contributed by atoms with Crippen LogP contribution in [-0.2, 0) is 4.79 Å². The summed E-state index contributed by atoms with van der Waals surface area (Å²) >= 11 is 0. The largest absolute Gasteiger partial charge is 0.295 e. The summed E-state index contributed by atoms with van der Waals surface area (Å²) < 4.78 is 0. The maximum atomic E-state index is 11.3. The van der Waals surface area contributed by atoms with Crippen molar-refractivity contribution in [2.75, 3.05) is 0 Å². The summed E-state index contributed by atoms with van der Waals surface area (Å²) in [7, 11) is 0. The summed E-state index contributed by atoms with van der Waals surface area (Å²) in [6.45, 7) is 6.27. The third-order valence-corrected chi connectivity index (χ3v) is 3.29. The summed E-state index contributed by atoms with van der Waals surface area (Å²) in [5, 5.41) is 0. The molecule has 1 nitrogen and oxygen atoms in total. The Bertz CT molecular complexity index is 298. The number of hydrogen-bond donors (Lipinski definition) is 0. The van der Waals surface area contributed by atoms with Crippen LogP contribution in [0.5, 0.6) is 0 Å². The minimum atomic E-state index is 0.130. The molecule has 70 valence electrons. The van der Waals surface area contributed by atoms with E-state index in [9.17, 15) is 4.79 Å². The Hall–Kier alpha value is -0.850. The number of fused-ring (bicyclic) bond motifs is 1. The summed E-state index contributed by atoms with van der Waals surface area (Å²) in [6.07, 6.45) is 7.01. The van der Waals surface area contributed by atoms with E-state index in [1.54, 1.807) is 0 Å². The molecule has 0 aromatic heterocycles. The Morgan fingerprint density at radius 1 is 1.38 bits per heavy atom. The zero-order chi connectivity index (χ0) is 9.47. The molecule has 0 aromatic rings. The minimum Gasteiger partial charge on any atom is -0.295 e. The first kappa shape index (κ1) is 8.74. The van der Waals surface area contributed by atoms with Gasteiger partial charge in [-0.3, -0.25) is 4.79 Å². The fourth-order valence-electron chi connectivity index (χ4n) is 2.64. The minimum absolute atomic E-state index is 0.130. The highest BCUT2D eigenvalue weighted by atomic mass is 16.1. The fourth-order valence-corrected chi connectivity index (χ4v) is 2.64. The third-order valence-electron chi connectivity index (χ3n) is 3.29. The van der Waals surface area contributed by atoms with Crippen molar-refractivity contribution < 1.29 is 4.79 Å². The van der Waals surface area contributed by atoms with Crippen molar-refractivity contribution in [2.45, 2.75) is 39.0 Å². The molecule has 1 fully saturated rings. The Morgan fingerprint density at radius 3 is 2.92 bits per heavy atom. The van der Waals surface area contributed by atoms with Gasteiger partial charge in [0.15, 0.2) is 5.78 Å². The van der Waals surface area contributed by atoms with Crippen LogP contribution in [0.1, 0.15) is 39.0 Å². The zero-order valence-corrected chi connectivity index (χ0v) is 8.23. The average Bonchev–Trinajstić information content (AvgIpc) is 2.18. The molecule has 0 bridgehead atoms. The lowest BCUT2D eigenvalue weighted by atomic mass is 9.78. The number of hydrogen-bond acceptors (Lipinski definition) is 1. The average molecular weight is 176 g/mol. The first-order valence-corrected chi connectivity index (χ1v) is 5.01. The lowest BCUT2D eigenvalue weighted by Crippen LogP contribution is -2.15. The highest BCUT2D eigenvalue weighted by Gasteiger charge is 2.37. The second-order valence-corrected chi connectivity index (χ2v) is 4.65. The first-order valence-electron chi connectivity index (χ1n) is 5.01. The number of carbonyl (C=O) groups excluding carboxylic acids is 1. The topological polar surface area (TPSA) is 17.1 Å². The van der Waals surface area contributed by atoms with Crippen molar-refractivity contribution in [2.24, 2.45) is 5.41 Å². The molecule has 1 unspecified atom stereocenters. The van der Waals surface area contributed by atoms with E-state index in [1.165, 1.54) is 17.6 Å². The Kier molecular flexibility index (Phi) is 1.90. The molecular weight excluding hydrogens is 160 g/mol. The highest BCUT2D eigenvalue weighted by Crippen LogP contribution is 2.47. The molecule has 0 spiro atoms. The number of carbonyl (C=O) groups is 1. The van der Waals surface area contributed by atoms with E-state index in [1.807, 2.05) is 6.08 Å². The number of rotatable bonds is 0. The van der Waals surface area contributed by atoms with E-state index >= 15 is 0 Å². The Labute approximate surface area is 79.5 Å². The molecule has 0 saturated heterocycles. The van der Waals surface area contributed by atoms with Crippen LogP contribution in [0.2, 0.25) is 0 Å². The van der Waals surface area contributed by atoms with Gasteiger partial charge in [0.25, 0.3) is 0 Å². The lowest BCUT2D eigenvalue weighted by Gasteiger charge is -2.25. The quantitative estimate of drug-likeness (QED) is 0.518. The van der Waals surface area contributed by atoms with Gasteiger partial charge in [0, 0.05) is 6.42 Å². The normalized spacial score (nSPS) is 34.1. The van der Waals surface area contributed by atoms with E-state index in [2.05, 4.69) is 13.5 Å².